The number of hydrogen-bond donors (Lipinski definition) is 2. The minimum absolute atomic E-state index is 0.117. The van der Waals surface area contributed by atoms with Crippen molar-refractivity contribution in [3.05, 3.63) is 58.6 Å². The van der Waals surface area contributed by atoms with Crippen LogP contribution in [0.1, 0.15) is 49.7 Å². The number of carbonyl (C=O) groups is 1. The number of benzene rings is 2. The van der Waals surface area contributed by atoms with E-state index in [0.29, 0.717) is 10.8 Å². The molecule has 0 heterocycles. The van der Waals surface area contributed by atoms with Crippen LogP contribution in [0.3, 0.4) is 0 Å². The van der Waals surface area contributed by atoms with Gasteiger partial charge in [-0.3, -0.25) is 0 Å². The Morgan fingerprint density at radius 2 is 1.66 bits per heavy atom. The number of aromatic hydroxyl groups is 1. The number of hydrogen-bond acceptors (Lipinski definition) is 2. The molecule has 2 aromatic carbocycles. The summed E-state index contributed by atoms with van der Waals surface area (Å²) < 4.78 is 0. The molecule has 0 unspecified atom stereocenters. The largest absolute Gasteiger partial charge is 0.508 e. The lowest BCUT2D eigenvalue weighted by atomic mass is 9.48. The Hall–Kier alpha value is -2.26. The number of carboxylic acids is 1. The summed E-state index contributed by atoms with van der Waals surface area (Å²) in [5, 5.41) is 20.2. The molecule has 4 fully saturated rings. The highest BCUT2D eigenvalue weighted by molar-refractivity contribution is 6.33. The monoisotopic (exact) mass is 408 g/mol. The average molecular weight is 409 g/mol. The summed E-state index contributed by atoms with van der Waals surface area (Å²) in [7, 11) is 0. The van der Waals surface area contributed by atoms with Crippen molar-refractivity contribution >= 4 is 23.6 Å². The van der Waals surface area contributed by atoms with Crippen LogP contribution < -0.4 is 0 Å². The summed E-state index contributed by atoms with van der Waals surface area (Å²) >= 11 is 6.55. The molecule has 3 nitrogen and oxygen atoms in total. The fourth-order valence-electron chi connectivity index (χ4n) is 6.61. The van der Waals surface area contributed by atoms with Crippen LogP contribution in [0.4, 0.5) is 0 Å². The zero-order valence-corrected chi connectivity index (χ0v) is 17.0. The van der Waals surface area contributed by atoms with Crippen LogP contribution in [0, 0.1) is 17.8 Å². The molecule has 0 aliphatic heterocycles. The van der Waals surface area contributed by atoms with Gasteiger partial charge in [0, 0.05) is 22.2 Å². The maximum Gasteiger partial charge on any atom is 0.328 e. The molecule has 0 amide bonds. The number of halogens is 1. The van der Waals surface area contributed by atoms with Crippen molar-refractivity contribution in [2.24, 2.45) is 17.8 Å². The van der Waals surface area contributed by atoms with Crippen molar-refractivity contribution in [3.8, 4) is 16.9 Å². The molecule has 150 valence electrons. The molecule has 0 aromatic heterocycles. The summed E-state index contributed by atoms with van der Waals surface area (Å²) in [6.45, 7) is 0. The zero-order valence-electron chi connectivity index (χ0n) is 16.3. The lowest BCUT2D eigenvalue weighted by Gasteiger charge is -2.57. The van der Waals surface area contributed by atoms with Crippen LogP contribution in [0.5, 0.6) is 5.75 Å². The van der Waals surface area contributed by atoms with Crippen LogP contribution in [0.15, 0.2) is 42.5 Å². The molecule has 0 saturated heterocycles. The third-order valence-corrected chi connectivity index (χ3v) is 7.64. The lowest BCUT2D eigenvalue weighted by Crippen LogP contribution is -2.48. The highest BCUT2D eigenvalue weighted by Crippen LogP contribution is 2.62. The summed E-state index contributed by atoms with van der Waals surface area (Å²) in [6, 6.07) is 11.5. The molecule has 2 N–H and O–H groups in total. The van der Waals surface area contributed by atoms with Gasteiger partial charge in [0.2, 0.25) is 0 Å². The van der Waals surface area contributed by atoms with E-state index < -0.39 is 5.97 Å². The predicted octanol–water partition coefficient (Wildman–Crippen LogP) is 6.28. The highest BCUT2D eigenvalue weighted by Gasteiger charge is 2.52. The van der Waals surface area contributed by atoms with Crippen LogP contribution in [0.25, 0.3) is 17.2 Å². The molecule has 0 radical (unpaired) electrons. The Balaban J connectivity index is 1.51. The number of phenolic OH excluding ortho intramolecular Hbond substituents is 1. The van der Waals surface area contributed by atoms with E-state index in [9.17, 15) is 9.90 Å². The third kappa shape index (κ3) is 3.36. The Bertz CT molecular complexity index is 972. The second-order valence-electron chi connectivity index (χ2n) is 9.34. The Morgan fingerprint density at radius 3 is 2.24 bits per heavy atom. The molecular formula is C25H25ClO3. The van der Waals surface area contributed by atoms with Gasteiger partial charge in [0.15, 0.2) is 0 Å². The van der Waals surface area contributed by atoms with E-state index in [0.717, 1.165) is 46.1 Å². The van der Waals surface area contributed by atoms with Gasteiger partial charge in [-0.2, -0.15) is 0 Å². The van der Waals surface area contributed by atoms with E-state index in [-0.39, 0.29) is 5.41 Å². The van der Waals surface area contributed by atoms with Crippen molar-refractivity contribution in [3.63, 3.8) is 0 Å². The van der Waals surface area contributed by atoms with Crippen molar-refractivity contribution in [2.45, 2.75) is 43.9 Å². The molecule has 6 rings (SSSR count). The van der Waals surface area contributed by atoms with Crippen molar-refractivity contribution in [1.82, 2.24) is 0 Å². The molecule has 2 aromatic rings. The normalized spacial score (nSPS) is 30.2. The fourth-order valence-corrected chi connectivity index (χ4v) is 6.90. The third-order valence-electron chi connectivity index (χ3n) is 7.33. The molecule has 4 aliphatic rings. The summed E-state index contributed by atoms with van der Waals surface area (Å²) in [5.41, 5.74) is 3.88. The maximum absolute atomic E-state index is 10.8. The molecule has 0 spiro atoms. The zero-order chi connectivity index (χ0) is 20.2. The van der Waals surface area contributed by atoms with Crippen LogP contribution in [-0.2, 0) is 10.2 Å². The first-order valence-corrected chi connectivity index (χ1v) is 10.8. The van der Waals surface area contributed by atoms with E-state index in [1.807, 2.05) is 24.3 Å². The second-order valence-corrected chi connectivity index (χ2v) is 9.75. The molecule has 29 heavy (non-hydrogen) atoms. The van der Waals surface area contributed by atoms with Gasteiger partial charge in [-0.1, -0.05) is 29.8 Å². The number of phenols is 1. The van der Waals surface area contributed by atoms with Gasteiger partial charge in [-0.25, -0.2) is 4.79 Å². The minimum atomic E-state index is -0.982. The maximum atomic E-state index is 10.8. The van der Waals surface area contributed by atoms with E-state index in [1.165, 1.54) is 44.6 Å². The smallest absolute Gasteiger partial charge is 0.328 e. The van der Waals surface area contributed by atoms with Crippen LogP contribution in [0.2, 0.25) is 5.02 Å². The van der Waals surface area contributed by atoms with Gasteiger partial charge in [0.05, 0.1) is 0 Å². The van der Waals surface area contributed by atoms with E-state index in [1.54, 1.807) is 6.07 Å². The molecule has 4 saturated carbocycles. The van der Waals surface area contributed by atoms with E-state index in [2.05, 4.69) is 6.07 Å². The Kier molecular flexibility index (Phi) is 4.47. The number of carboxylic acid groups (broad SMARTS) is 1. The van der Waals surface area contributed by atoms with Gasteiger partial charge in [-0.05, 0) is 97.1 Å². The van der Waals surface area contributed by atoms with Gasteiger partial charge >= 0.3 is 5.97 Å². The number of aliphatic carboxylic acids is 1. The van der Waals surface area contributed by atoms with Crippen molar-refractivity contribution in [2.75, 3.05) is 0 Å². The SMILES string of the molecule is O=C(O)/C=C/c1ccc(-c2ccc(O)c(C34CC5CC(CC(C5)C3)C4)c2)c(Cl)c1. The number of rotatable bonds is 4. The second kappa shape index (κ2) is 6.91. The summed E-state index contributed by atoms with van der Waals surface area (Å²) in [5.74, 6) is 1.87. The van der Waals surface area contributed by atoms with E-state index in [4.69, 9.17) is 16.7 Å². The van der Waals surface area contributed by atoms with Gasteiger partial charge < -0.3 is 10.2 Å². The first-order valence-electron chi connectivity index (χ1n) is 10.5. The molecule has 4 heteroatoms. The van der Waals surface area contributed by atoms with Crippen molar-refractivity contribution in [1.29, 1.82) is 0 Å². The molecule has 4 aliphatic carbocycles. The molecular weight excluding hydrogens is 384 g/mol. The predicted molar refractivity (Wildman–Crippen MR) is 115 cm³/mol. The van der Waals surface area contributed by atoms with Gasteiger partial charge in [0.1, 0.15) is 5.75 Å². The standard InChI is InChI=1S/C25H25ClO3/c26-22-10-15(2-6-24(28)29)1-4-20(22)19-3-5-23(27)21(11-19)25-12-16-7-17(13-25)9-18(8-16)14-25/h1-6,10-11,16-18,27H,7-9,12-14H2,(H,28,29)/b6-2+. The van der Waals surface area contributed by atoms with Crippen LogP contribution in [-0.4, -0.2) is 16.2 Å². The highest BCUT2D eigenvalue weighted by atomic mass is 35.5. The first-order chi connectivity index (χ1) is 13.9. The van der Waals surface area contributed by atoms with Crippen molar-refractivity contribution < 1.29 is 15.0 Å². The Labute approximate surface area is 176 Å². The minimum Gasteiger partial charge on any atom is -0.508 e. The average Bonchev–Trinajstić information content (AvgIpc) is 2.66. The lowest BCUT2D eigenvalue weighted by molar-refractivity contribution is -0.131. The van der Waals surface area contributed by atoms with Crippen LogP contribution >= 0.6 is 11.6 Å². The molecule has 0 atom stereocenters. The summed E-state index contributed by atoms with van der Waals surface area (Å²) in [4.78, 5) is 10.7. The quantitative estimate of drug-likeness (QED) is 0.585. The van der Waals surface area contributed by atoms with Gasteiger partial charge in [0.25, 0.3) is 0 Å². The van der Waals surface area contributed by atoms with E-state index >= 15 is 0 Å². The fraction of sp³-hybridized carbons (Fsp3) is 0.400. The van der Waals surface area contributed by atoms with Gasteiger partial charge in [-0.15, -0.1) is 0 Å². The Morgan fingerprint density at radius 1 is 1.00 bits per heavy atom. The topological polar surface area (TPSA) is 57.5 Å². The molecule has 4 bridgehead atoms. The summed E-state index contributed by atoms with van der Waals surface area (Å²) in [6.07, 6.45) is 10.4. The first kappa shape index (κ1) is 18.7.